The summed E-state index contributed by atoms with van der Waals surface area (Å²) in [4.78, 5) is 14.0. The summed E-state index contributed by atoms with van der Waals surface area (Å²) in [6, 6.07) is 1.90. The fourth-order valence-electron chi connectivity index (χ4n) is 2.34. The summed E-state index contributed by atoms with van der Waals surface area (Å²) in [7, 11) is 0. The smallest absolute Gasteiger partial charge is 0.227 e. The van der Waals surface area contributed by atoms with Crippen molar-refractivity contribution in [3.05, 3.63) is 36.0 Å². The molecule has 0 radical (unpaired) electrons. The predicted molar refractivity (Wildman–Crippen MR) is 66.3 cm³/mol. The molecule has 2 aromatic rings. The molecule has 0 fully saturated rings. The number of furan rings is 1. The van der Waals surface area contributed by atoms with Gasteiger partial charge in [-0.15, -0.1) is 0 Å². The van der Waals surface area contributed by atoms with E-state index in [0.29, 0.717) is 6.42 Å². The molecule has 0 atom stereocenters. The van der Waals surface area contributed by atoms with Gasteiger partial charge in [0.25, 0.3) is 0 Å². The molecule has 18 heavy (non-hydrogen) atoms. The number of H-pyrrole nitrogens is 1. The van der Waals surface area contributed by atoms with E-state index in [1.807, 2.05) is 11.0 Å². The summed E-state index contributed by atoms with van der Waals surface area (Å²) in [5.41, 5.74) is 3.07. The zero-order valence-corrected chi connectivity index (χ0v) is 10.1. The second kappa shape index (κ2) is 4.68. The fourth-order valence-corrected chi connectivity index (χ4v) is 2.34. The van der Waals surface area contributed by atoms with Crippen molar-refractivity contribution in [1.29, 1.82) is 0 Å². The van der Waals surface area contributed by atoms with Gasteiger partial charge in [0.2, 0.25) is 5.91 Å². The van der Waals surface area contributed by atoms with Crippen LogP contribution in [0.3, 0.4) is 0 Å². The lowest BCUT2D eigenvalue weighted by molar-refractivity contribution is -0.118. The van der Waals surface area contributed by atoms with Crippen LogP contribution >= 0.6 is 0 Å². The molecule has 0 saturated carbocycles. The lowest BCUT2D eigenvalue weighted by Crippen LogP contribution is -2.35. The van der Waals surface area contributed by atoms with Gasteiger partial charge in [0, 0.05) is 13.0 Å². The van der Waals surface area contributed by atoms with E-state index in [1.54, 1.807) is 18.7 Å². The highest BCUT2D eigenvalue weighted by Gasteiger charge is 2.23. The Labute approximate surface area is 105 Å². The van der Waals surface area contributed by atoms with Gasteiger partial charge in [0.15, 0.2) is 0 Å². The first kappa shape index (κ1) is 11.1. The van der Waals surface area contributed by atoms with Gasteiger partial charge >= 0.3 is 0 Å². The largest absolute Gasteiger partial charge is 0.472 e. The lowest BCUT2D eigenvalue weighted by Gasteiger charge is -2.26. The van der Waals surface area contributed by atoms with Crippen molar-refractivity contribution < 1.29 is 9.21 Å². The molecule has 1 aliphatic rings. The van der Waals surface area contributed by atoms with Gasteiger partial charge in [-0.05, 0) is 30.9 Å². The third kappa shape index (κ3) is 2.03. The molecule has 3 rings (SSSR count). The first-order valence-electron chi connectivity index (χ1n) is 6.18. The standard InChI is InChI=1S/C13H15N3O2/c17-13(4-3-10-5-7-18-9-10)16-6-1-2-11-12(16)8-14-15-11/h5,7-9H,1-4,6H2,(H,14,15). The van der Waals surface area contributed by atoms with Crippen LogP contribution < -0.4 is 4.90 Å². The van der Waals surface area contributed by atoms with Crippen LogP contribution in [0.4, 0.5) is 5.69 Å². The summed E-state index contributed by atoms with van der Waals surface area (Å²) in [5.74, 6) is 0.151. The number of aromatic nitrogens is 2. The Morgan fingerprint density at radius 3 is 3.33 bits per heavy atom. The minimum absolute atomic E-state index is 0.151. The lowest BCUT2D eigenvalue weighted by atomic mass is 10.1. The maximum atomic E-state index is 12.2. The normalized spacial score (nSPS) is 14.6. The zero-order valence-electron chi connectivity index (χ0n) is 10.1. The van der Waals surface area contributed by atoms with Crippen LogP contribution in [0.1, 0.15) is 24.1 Å². The van der Waals surface area contributed by atoms with Gasteiger partial charge < -0.3 is 9.32 Å². The average molecular weight is 245 g/mol. The third-order valence-corrected chi connectivity index (χ3v) is 3.30. The number of hydrogen-bond donors (Lipinski definition) is 1. The fraction of sp³-hybridized carbons (Fsp3) is 0.385. The maximum absolute atomic E-state index is 12.2. The van der Waals surface area contributed by atoms with Crippen LogP contribution in [0.2, 0.25) is 0 Å². The van der Waals surface area contributed by atoms with Crippen LogP contribution in [0, 0.1) is 0 Å². The number of aryl methyl sites for hydroxylation is 2. The highest BCUT2D eigenvalue weighted by molar-refractivity contribution is 5.94. The Morgan fingerprint density at radius 2 is 2.50 bits per heavy atom. The zero-order chi connectivity index (χ0) is 12.4. The number of fused-ring (bicyclic) bond motifs is 1. The summed E-state index contributed by atoms with van der Waals surface area (Å²) in [5, 5.41) is 6.97. The van der Waals surface area contributed by atoms with Crippen LogP contribution in [-0.4, -0.2) is 22.6 Å². The minimum Gasteiger partial charge on any atom is -0.472 e. The van der Waals surface area contributed by atoms with Crippen LogP contribution in [0.25, 0.3) is 0 Å². The molecule has 0 aliphatic carbocycles. The van der Waals surface area contributed by atoms with Crippen molar-refractivity contribution in [1.82, 2.24) is 10.2 Å². The van der Waals surface area contributed by atoms with Crippen LogP contribution in [0.15, 0.2) is 29.2 Å². The number of carbonyl (C=O) groups is 1. The van der Waals surface area contributed by atoms with E-state index in [1.165, 1.54) is 0 Å². The first-order valence-corrected chi connectivity index (χ1v) is 6.18. The highest BCUT2D eigenvalue weighted by atomic mass is 16.3. The molecule has 0 saturated heterocycles. The molecule has 0 aromatic carbocycles. The van der Waals surface area contributed by atoms with Crippen molar-refractivity contribution in [3.63, 3.8) is 0 Å². The number of nitrogens with zero attached hydrogens (tertiary/aromatic N) is 2. The average Bonchev–Trinajstić information content (AvgIpc) is 3.05. The number of carbonyl (C=O) groups excluding carboxylic acids is 1. The third-order valence-electron chi connectivity index (χ3n) is 3.30. The molecule has 1 amide bonds. The van der Waals surface area contributed by atoms with Gasteiger partial charge in [-0.2, -0.15) is 5.10 Å². The summed E-state index contributed by atoms with van der Waals surface area (Å²) < 4.78 is 5.00. The Kier molecular flexibility index (Phi) is 2.88. The number of amides is 1. The summed E-state index contributed by atoms with van der Waals surface area (Å²) in [6.07, 6.45) is 8.25. The maximum Gasteiger partial charge on any atom is 0.227 e. The number of aromatic amines is 1. The van der Waals surface area contributed by atoms with E-state index < -0.39 is 0 Å². The predicted octanol–water partition coefficient (Wildman–Crippen LogP) is 1.91. The second-order valence-corrected chi connectivity index (χ2v) is 4.51. The number of rotatable bonds is 3. The molecular formula is C13H15N3O2. The Hall–Kier alpha value is -2.04. The first-order chi connectivity index (χ1) is 8.84. The van der Waals surface area contributed by atoms with Crippen LogP contribution in [-0.2, 0) is 17.6 Å². The van der Waals surface area contributed by atoms with Gasteiger partial charge in [0.1, 0.15) is 0 Å². The van der Waals surface area contributed by atoms with E-state index in [4.69, 9.17) is 4.42 Å². The Balaban J connectivity index is 1.67. The van der Waals surface area contributed by atoms with E-state index in [-0.39, 0.29) is 5.91 Å². The molecule has 2 aromatic heterocycles. The van der Waals surface area contributed by atoms with Crippen molar-refractivity contribution in [2.75, 3.05) is 11.4 Å². The van der Waals surface area contributed by atoms with Crippen molar-refractivity contribution in [2.45, 2.75) is 25.7 Å². The SMILES string of the molecule is O=C(CCc1ccoc1)N1CCCc2[nH]ncc21. The molecule has 1 aliphatic heterocycles. The number of hydrogen-bond acceptors (Lipinski definition) is 3. The molecule has 94 valence electrons. The van der Waals surface area contributed by atoms with Gasteiger partial charge in [-0.25, -0.2) is 0 Å². The van der Waals surface area contributed by atoms with Gasteiger partial charge in [0.05, 0.1) is 30.1 Å². The quantitative estimate of drug-likeness (QED) is 0.898. The molecular weight excluding hydrogens is 230 g/mol. The van der Waals surface area contributed by atoms with Crippen molar-refractivity contribution in [3.8, 4) is 0 Å². The van der Waals surface area contributed by atoms with Crippen LogP contribution in [0.5, 0.6) is 0 Å². The minimum atomic E-state index is 0.151. The molecule has 0 unspecified atom stereocenters. The van der Waals surface area contributed by atoms with Gasteiger partial charge in [-0.1, -0.05) is 0 Å². The van der Waals surface area contributed by atoms with E-state index in [9.17, 15) is 4.79 Å². The van der Waals surface area contributed by atoms with Crippen molar-refractivity contribution in [2.24, 2.45) is 0 Å². The summed E-state index contributed by atoms with van der Waals surface area (Å²) >= 11 is 0. The molecule has 0 bridgehead atoms. The molecule has 5 heteroatoms. The summed E-state index contributed by atoms with van der Waals surface area (Å²) in [6.45, 7) is 0.788. The second-order valence-electron chi connectivity index (χ2n) is 4.51. The topological polar surface area (TPSA) is 62.1 Å². The number of anilines is 1. The van der Waals surface area contributed by atoms with E-state index in [0.717, 1.165) is 42.8 Å². The molecule has 5 nitrogen and oxygen atoms in total. The highest BCUT2D eigenvalue weighted by Crippen LogP contribution is 2.25. The van der Waals surface area contributed by atoms with E-state index >= 15 is 0 Å². The van der Waals surface area contributed by atoms with E-state index in [2.05, 4.69) is 10.2 Å². The molecule has 0 spiro atoms. The Bertz CT molecular complexity index is 530. The Morgan fingerprint density at radius 1 is 1.56 bits per heavy atom. The molecule has 1 N–H and O–H groups in total. The molecule has 3 heterocycles. The number of nitrogens with one attached hydrogen (secondary N) is 1. The monoisotopic (exact) mass is 245 g/mol. The van der Waals surface area contributed by atoms with Crippen molar-refractivity contribution >= 4 is 11.6 Å². The van der Waals surface area contributed by atoms with Gasteiger partial charge in [-0.3, -0.25) is 9.89 Å².